The van der Waals surface area contributed by atoms with E-state index in [1.54, 1.807) is 4.68 Å². The molecule has 1 unspecified atom stereocenters. The van der Waals surface area contributed by atoms with E-state index in [0.29, 0.717) is 30.1 Å². The molecule has 0 spiro atoms. The fourth-order valence-electron chi connectivity index (χ4n) is 2.90. The molecule has 0 aliphatic carbocycles. The highest BCUT2D eigenvalue weighted by molar-refractivity contribution is 5.85. The molecule has 3 aromatic heterocycles. The summed E-state index contributed by atoms with van der Waals surface area (Å²) in [5, 5.41) is 11.9. The van der Waals surface area contributed by atoms with Crippen LogP contribution in [0.25, 0.3) is 5.95 Å². The molecule has 27 heavy (non-hydrogen) atoms. The molecule has 0 aromatic carbocycles. The molecule has 0 saturated carbocycles. The second-order valence-electron chi connectivity index (χ2n) is 6.69. The van der Waals surface area contributed by atoms with Crippen LogP contribution in [0, 0.1) is 27.7 Å². The van der Waals surface area contributed by atoms with Gasteiger partial charge in [0.15, 0.2) is 5.82 Å². The van der Waals surface area contributed by atoms with Crippen LogP contribution in [0.4, 0.5) is 0 Å². The number of likely N-dealkylation sites (N-methyl/N-ethyl adjacent to an activating group) is 1. The Labute approximate surface area is 165 Å². The molecule has 3 rings (SSSR count). The smallest absolute Gasteiger partial charge is 0.251 e. The van der Waals surface area contributed by atoms with Gasteiger partial charge in [0.25, 0.3) is 5.95 Å². The summed E-state index contributed by atoms with van der Waals surface area (Å²) in [6, 6.07) is 2.25. The second kappa shape index (κ2) is 8.58. The van der Waals surface area contributed by atoms with Crippen LogP contribution in [0.5, 0.6) is 0 Å². The Kier molecular flexibility index (Phi) is 6.67. The summed E-state index contributed by atoms with van der Waals surface area (Å²) < 4.78 is 7.20. The van der Waals surface area contributed by atoms with Crippen LogP contribution in [0.15, 0.2) is 10.6 Å². The maximum absolute atomic E-state index is 5.42. The van der Waals surface area contributed by atoms with Gasteiger partial charge in [-0.05, 0) is 47.7 Å². The predicted octanol–water partition coefficient (Wildman–Crippen LogP) is 2.44. The van der Waals surface area contributed by atoms with Crippen LogP contribution in [-0.4, -0.2) is 43.0 Å². The molecule has 0 aliphatic rings. The van der Waals surface area contributed by atoms with Crippen LogP contribution in [0.3, 0.4) is 0 Å². The van der Waals surface area contributed by atoms with Crippen LogP contribution in [0.2, 0.25) is 0 Å². The summed E-state index contributed by atoms with van der Waals surface area (Å²) >= 11 is 0. The molecular formula is C18H26ClN7O. The first-order valence-electron chi connectivity index (χ1n) is 8.74. The number of nitrogens with zero attached hydrogens (tertiary/aromatic N) is 6. The number of nitrogens with one attached hydrogen (secondary N) is 1. The monoisotopic (exact) mass is 391 g/mol. The summed E-state index contributed by atoms with van der Waals surface area (Å²) in [6.07, 6.45) is 1.27. The zero-order chi connectivity index (χ0) is 18.8. The van der Waals surface area contributed by atoms with Crippen LogP contribution in [0.1, 0.15) is 47.0 Å². The first kappa shape index (κ1) is 21.0. The molecule has 1 atom stereocenters. The Hall–Kier alpha value is -2.32. The number of hydrogen-bond acceptors (Lipinski definition) is 7. The fraction of sp³-hybridized carbons (Fsp3) is 0.500. The molecule has 3 aromatic rings. The zero-order valence-electron chi connectivity index (χ0n) is 16.6. The van der Waals surface area contributed by atoms with Gasteiger partial charge in [0.1, 0.15) is 0 Å². The van der Waals surface area contributed by atoms with E-state index in [1.807, 2.05) is 40.8 Å². The minimum Gasteiger partial charge on any atom is -0.339 e. The number of hydrogen-bond donors (Lipinski definition) is 1. The Morgan fingerprint density at radius 1 is 1.11 bits per heavy atom. The molecule has 1 N–H and O–H groups in total. The molecule has 0 saturated heterocycles. The highest BCUT2D eigenvalue weighted by Gasteiger charge is 2.18. The van der Waals surface area contributed by atoms with Gasteiger partial charge in [-0.1, -0.05) is 5.16 Å². The maximum Gasteiger partial charge on any atom is 0.251 e. The SMILES string of the molecule is CNC(C)Cc1noc(Cc2c(C)nn(-c3nc(C)cc(C)n3)c2C)n1.Cl. The topological polar surface area (TPSA) is 94.6 Å². The lowest BCUT2D eigenvalue weighted by Gasteiger charge is -2.05. The molecule has 0 bridgehead atoms. The third-order valence-electron chi connectivity index (χ3n) is 4.42. The highest BCUT2D eigenvalue weighted by Crippen LogP contribution is 2.19. The van der Waals surface area contributed by atoms with E-state index in [-0.39, 0.29) is 12.4 Å². The van der Waals surface area contributed by atoms with Gasteiger partial charge in [-0.25, -0.2) is 14.6 Å². The zero-order valence-corrected chi connectivity index (χ0v) is 17.4. The summed E-state index contributed by atoms with van der Waals surface area (Å²) in [5.41, 5.74) is 4.79. The average Bonchev–Trinajstić information content (AvgIpc) is 3.13. The van der Waals surface area contributed by atoms with Crippen molar-refractivity contribution in [3.8, 4) is 5.95 Å². The molecule has 146 valence electrons. The molecule has 8 nitrogen and oxygen atoms in total. The maximum atomic E-state index is 5.42. The number of halogens is 1. The predicted molar refractivity (Wildman–Crippen MR) is 105 cm³/mol. The normalized spacial score (nSPS) is 12.1. The van der Waals surface area contributed by atoms with Gasteiger partial charge >= 0.3 is 0 Å². The van der Waals surface area contributed by atoms with Crippen molar-refractivity contribution >= 4 is 12.4 Å². The lowest BCUT2D eigenvalue weighted by molar-refractivity contribution is 0.377. The van der Waals surface area contributed by atoms with Crippen molar-refractivity contribution in [2.75, 3.05) is 7.05 Å². The van der Waals surface area contributed by atoms with Gasteiger partial charge in [-0.2, -0.15) is 10.1 Å². The van der Waals surface area contributed by atoms with Crippen molar-refractivity contribution in [1.82, 2.24) is 35.2 Å². The summed E-state index contributed by atoms with van der Waals surface area (Å²) in [7, 11) is 1.92. The van der Waals surface area contributed by atoms with Gasteiger partial charge in [-0.3, -0.25) is 0 Å². The van der Waals surface area contributed by atoms with E-state index < -0.39 is 0 Å². The molecule has 0 amide bonds. The van der Waals surface area contributed by atoms with Gasteiger partial charge in [-0.15, -0.1) is 12.4 Å². The van der Waals surface area contributed by atoms with Gasteiger partial charge < -0.3 is 9.84 Å². The lowest BCUT2D eigenvalue weighted by Crippen LogP contribution is -2.24. The largest absolute Gasteiger partial charge is 0.339 e. The Bertz CT molecular complexity index is 898. The number of aryl methyl sites for hydroxylation is 3. The quantitative estimate of drug-likeness (QED) is 0.689. The van der Waals surface area contributed by atoms with Crippen molar-refractivity contribution in [2.24, 2.45) is 0 Å². The molecule has 3 heterocycles. The minimum absolute atomic E-state index is 0. The van der Waals surface area contributed by atoms with Crippen LogP contribution in [-0.2, 0) is 12.8 Å². The van der Waals surface area contributed by atoms with E-state index >= 15 is 0 Å². The van der Waals surface area contributed by atoms with Crippen molar-refractivity contribution < 1.29 is 4.52 Å². The molecule has 0 fully saturated rings. The van der Waals surface area contributed by atoms with Gasteiger partial charge in [0.2, 0.25) is 5.89 Å². The molecule has 0 aliphatic heterocycles. The summed E-state index contributed by atoms with van der Waals surface area (Å²) in [6.45, 7) is 9.98. The summed E-state index contributed by atoms with van der Waals surface area (Å²) in [5.74, 6) is 1.89. The lowest BCUT2D eigenvalue weighted by atomic mass is 10.1. The highest BCUT2D eigenvalue weighted by atomic mass is 35.5. The summed E-state index contributed by atoms with van der Waals surface area (Å²) in [4.78, 5) is 13.5. The average molecular weight is 392 g/mol. The number of rotatable bonds is 6. The van der Waals surface area contributed by atoms with E-state index in [9.17, 15) is 0 Å². The standard InChI is InChI=1S/C18H25N7O.ClH/c1-10(19-6)8-16-22-17(26-24-16)9-15-13(4)23-25(14(15)5)18-20-11(2)7-12(3)21-18;/h7,10,19H,8-9H2,1-6H3;1H. The van der Waals surface area contributed by atoms with Gasteiger partial charge in [0, 0.05) is 35.1 Å². The van der Waals surface area contributed by atoms with Crippen molar-refractivity contribution in [1.29, 1.82) is 0 Å². The van der Waals surface area contributed by atoms with E-state index in [2.05, 4.69) is 37.4 Å². The Balaban J connectivity index is 0.00000261. The molecule has 9 heteroatoms. The van der Waals surface area contributed by atoms with E-state index in [4.69, 9.17) is 4.52 Å². The third kappa shape index (κ3) is 4.70. The number of aromatic nitrogens is 6. The Morgan fingerprint density at radius 3 is 2.41 bits per heavy atom. The van der Waals surface area contributed by atoms with Crippen molar-refractivity contribution in [2.45, 2.75) is 53.5 Å². The molecule has 0 radical (unpaired) electrons. The van der Waals surface area contributed by atoms with Crippen molar-refractivity contribution in [3.05, 3.63) is 46.1 Å². The Morgan fingerprint density at radius 2 is 1.78 bits per heavy atom. The fourth-order valence-corrected chi connectivity index (χ4v) is 2.90. The van der Waals surface area contributed by atoms with Crippen LogP contribution >= 0.6 is 12.4 Å². The third-order valence-corrected chi connectivity index (χ3v) is 4.42. The van der Waals surface area contributed by atoms with E-state index in [0.717, 1.165) is 34.8 Å². The van der Waals surface area contributed by atoms with Crippen LogP contribution < -0.4 is 5.32 Å². The molecular weight excluding hydrogens is 366 g/mol. The first-order valence-corrected chi connectivity index (χ1v) is 8.74. The van der Waals surface area contributed by atoms with Gasteiger partial charge in [0.05, 0.1) is 12.1 Å². The second-order valence-corrected chi connectivity index (χ2v) is 6.69. The first-order chi connectivity index (χ1) is 12.4. The van der Waals surface area contributed by atoms with E-state index in [1.165, 1.54) is 0 Å². The minimum atomic E-state index is 0. The van der Waals surface area contributed by atoms with Crippen molar-refractivity contribution in [3.63, 3.8) is 0 Å².